The zero-order valence-corrected chi connectivity index (χ0v) is 13.8. The molecule has 3 nitrogen and oxygen atoms in total. The molecule has 0 aliphatic heterocycles. The fourth-order valence-corrected chi connectivity index (χ4v) is 3.57. The molecule has 1 N–H and O–H groups in total. The SMILES string of the molecule is CNCc1cnc(N(C)Cc2cc(Br)cs2)c(C)c1. The summed E-state index contributed by atoms with van der Waals surface area (Å²) in [6.45, 7) is 3.85. The van der Waals surface area contributed by atoms with E-state index in [0.717, 1.165) is 23.4 Å². The number of hydrogen-bond donors (Lipinski definition) is 1. The normalized spacial score (nSPS) is 10.7. The Morgan fingerprint density at radius 1 is 1.42 bits per heavy atom. The maximum atomic E-state index is 4.58. The minimum absolute atomic E-state index is 0.857. The molecule has 0 saturated carbocycles. The highest BCUT2D eigenvalue weighted by Crippen LogP contribution is 2.24. The maximum Gasteiger partial charge on any atom is 0.131 e. The highest BCUT2D eigenvalue weighted by atomic mass is 79.9. The summed E-state index contributed by atoms with van der Waals surface area (Å²) in [5.74, 6) is 1.05. The summed E-state index contributed by atoms with van der Waals surface area (Å²) in [4.78, 5) is 8.10. The average molecular weight is 340 g/mol. The largest absolute Gasteiger partial charge is 0.354 e. The molecule has 102 valence electrons. The van der Waals surface area contributed by atoms with E-state index in [0.29, 0.717) is 0 Å². The predicted octanol–water partition coefficient (Wildman–Crippen LogP) is 3.57. The lowest BCUT2D eigenvalue weighted by molar-refractivity contribution is 0.808. The van der Waals surface area contributed by atoms with Crippen LogP contribution < -0.4 is 10.2 Å². The van der Waals surface area contributed by atoms with E-state index >= 15 is 0 Å². The first-order chi connectivity index (χ1) is 9.10. The third kappa shape index (κ3) is 3.78. The van der Waals surface area contributed by atoms with Gasteiger partial charge in [-0.05, 0) is 53.2 Å². The van der Waals surface area contributed by atoms with E-state index in [4.69, 9.17) is 0 Å². The molecule has 2 heterocycles. The number of nitrogens with zero attached hydrogens (tertiary/aromatic N) is 2. The summed E-state index contributed by atoms with van der Waals surface area (Å²) < 4.78 is 1.15. The van der Waals surface area contributed by atoms with Crippen LogP contribution in [0.1, 0.15) is 16.0 Å². The van der Waals surface area contributed by atoms with Crippen LogP contribution in [0.25, 0.3) is 0 Å². The first-order valence-electron chi connectivity index (χ1n) is 6.14. The van der Waals surface area contributed by atoms with Gasteiger partial charge in [-0.25, -0.2) is 4.98 Å². The van der Waals surface area contributed by atoms with Gasteiger partial charge in [-0.3, -0.25) is 0 Å². The topological polar surface area (TPSA) is 28.2 Å². The standard InChI is InChI=1S/C14H18BrN3S/c1-10-4-11(6-16-2)7-17-14(10)18(3)8-13-5-12(15)9-19-13/h4-5,7,9,16H,6,8H2,1-3H3. The van der Waals surface area contributed by atoms with Crippen molar-refractivity contribution in [3.05, 3.63) is 44.2 Å². The van der Waals surface area contributed by atoms with Crippen LogP contribution in [0.3, 0.4) is 0 Å². The Balaban J connectivity index is 2.12. The van der Waals surface area contributed by atoms with Crippen molar-refractivity contribution in [2.45, 2.75) is 20.0 Å². The molecule has 2 rings (SSSR count). The summed E-state index contributed by atoms with van der Waals surface area (Å²) >= 11 is 5.25. The molecule has 0 aliphatic carbocycles. The summed E-state index contributed by atoms with van der Waals surface area (Å²) in [7, 11) is 4.03. The Morgan fingerprint density at radius 3 is 2.79 bits per heavy atom. The number of rotatable bonds is 5. The van der Waals surface area contributed by atoms with E-state index in [-0.39, 0.29) is 0 Å². The van der Waals surface area contributed by atoms with Crippen LogP contribution in [-0.2, 0) is 13.1 Å². The van der Waals surface area contributed by atoms with Crippen LogP contribution in [0.5, 0.6) is 0 Å². The van der Waals surface area contributed by atoms with Gasteiger partial charge in [0, 0.05) is 34.5 Å². The number of nitrogens with one attached hydrogen (secondary N) is 1. The fraction of sp³-hybridized carbons (Fsp3) is 0.357. The fourth-order valence-electron chi connectivity index (χ4n) is 2.07. The van der Waals surface area contributed by atoms with Crippen LogP contribution in [0.4, 0.5) is 5.82 Å². The molecule has 5 heteroatoms. The Bertz CT molecular complexity index is 553. The van der Waals surface area contributed by atoms with Crippen molar-refractivity contribution < 1.29 is 0 Å². The molecule has 2 aromatic heterocycles. The summed E-state index contributed by atoms with van der Waals surface area (Å²) in [5, 5.41) is 5.26. The molecule has 0 unspecified atom stereocenters. The molecule has 0 saturated heterocycles. The Labute approximate surface area is 126 Å². The summed E-state index contributed by atoms with van der Waals surface area (Å²) in [6.07, 6.45) is 1.94. The van der Waals surface area contributed by atoms with E-state index in [1.807, 2.05) is 13.2 Å². The minimum Gasteiger partial charge on any atom is -0.354 e. The third-order valence-corrected chi connectivity index (χ3v) is 4.55. The second-order valence-corrected chi connectivity index (χ2v) is 6.51. The smallest absolute Gasteiger partial charge is 0.131 e. The molecule has 0 atom stereocenters. The highest BCUT2D eigenvalue weighted by Gasteiger charge is 2.09. The Hall–Kier alpha value is -0.910. The molecule has 19 heavy (non-hydrogen) atoms. The molecular formula is C14H18BrN3S. The number of pyridine rings is 1. The number of halogens is 1. The molecule has 2 aromatic rings. The first kappa shape index (κ1) is 14.5. The van der Waals surface area contributed by atoms with Gasteiger partial charge in [-0.15, -0.1) is 11.3 Å². The molecule has 0 aromatic carbocycles. The molecule has 0 amide bonds. The molecule has 0 bridgehead atoms. The van der Waals surface area contributed by atoms with Crippen molar-refractivity contribution in [3.63, 3.8) is 0 Å². The molecule has 0 fully saturated rings. The van der Waals surface area contributed by atoms with Gasteiger partial charge >= 0.3 is 0 Å². The second-order valence-electron chi connectivity index (χ2n) is 4.60. The van der Waals surface area contributed by atoms with Crippen LogP contribution in [-0.4, -0.2) is 19.1 Å². The lowest BCUT2D eigenvalue weighted by atomic mass is 10.2. The number of aryl methyl sites for hydroxylation is 1. The highest BCUT2D eigenvalue weighted by molar-refractivity contribution is 9.10. The van der Waals surface area contributed by atoms with Crippen LogP contribution in [0.2, 0.25) is 0 Å². The van der Waals surface area contributed by atoms with Crippen molar-refractivity contribution in [3.8, 4) is 0 Å². The molecule has 0 aliphatic rings. The quantitative estimate of drug-likeness (QED) is 0.902. The van der Waals surface area contributed by atoms with Gasteiger partial charge < -0.3 is 10.2 Å². The van der Waals surface area contributed by atoms with Gasteiger partial charge in [0.25, 0.3) is 0 Å². The lowest BCUT2D eigenvalue weighted by Crippen LogP contribution is -2.18. The van der Waals surface area contributed by atoms with E-state index in [1.54, 1.807) is 11.3 Å². The van der Waals surface area contributed by atoms with E-state index in [9.17, 15) is 0 Å². The van der Waals surface area contributed by atoms with Gasteiger partial charge in [0.1, 0.15) is 5.82 Å². The van der Waals surface area contributed by atoms with E-state index in [1.165, 1.54) is 16.0 Å². The summed E-state index contributed by atoms with van der Waals surface area (Å²) in [6, 6.07) is 4.35. The van der Waals surface area contributed by atoms with Crippen molar-refractivity contribution in [2.75, 3.05) is 19.0 Å². The summed E-state index contributed by atoms with van der Waals surface area (Å²) in [5.41, 5.74) is 2.43. The third-order valence-electron chi connectivity index (χ3n) is 2.86. The minimum atomic E-state index is 0.857. The van der Waals surface area contributed by atoms with Crippen molar-refractivity contribution in [1.29, 1.82) is 0 Å². The molecule has 0 radical (unpaired) electrons. The number of hydrogen-bond acceptors (Lipinski definition) is 4. The van der Waals surface area contributed by atoms with Crippen LogP contribution in [0, 0.1) is 6.92 Å². The monoisotopic (exact) mass is 339 g/mol. The number of thiophene rings is 1. The maximum absolute atomic E-state index is 4.58. The number of anilines is 1. The zero-order valence-electron chi connectivity index (χ0n) is 11.4. The Morgan fingerprint density at radius 2 is 2.21 bits per heavy atom. The van der Waals surface area contributed by atoms with Crippen LogP contribution >= 0.6 is 27.3 Å². The number of aromatic nitrogens is 1. The second kappa shape index (κ2) is 6.50. The molecular weight excluding hydrogens is 322 g/mol. The van der Waals surface area contributed by atoms with Gasteiger partial charge in [-0.1, -0.05) is 0 Å². The predicted molar refractivity (Wildman–Crippen MR) is 85.9 cm³/mol. The Kier molecular flexibility index (Phi) is 4.96. The lowest BCUT2D eigenvalue weighted by Gasteiger charge is -2.20. The van der Waals surface area contributed by atoms with Crippen molar-refractivity contribution in [1.82, 2.24) is 10.3 Å². The van der Waals surface area contributed by atoms with Crippen molar-refractivity contribution >= 4 is 33.1 Å². The van der Waals surface area contributed by atoms with Crippen molar-refractivity contribution in [2.24, 2.45) is 0 Å². The van der Waals surface area contributed by atoms with Gasteiger partial charge in [0.2, 0.25) is 0 Å². The zero-order chi connectivity index (χ0) is 13.8. The van der Waals surface area contributed by atoms with Gasteiger partial charge in [0.05, 0.1) is 6.54 Å². The first-order valence-corrected chi connectivity index (χ1v) is 7.81. The van der Waals surface area contributed by atoms with Gasteiger partial charge in [-0.2, -0.15) is 0 Å². The van der Waals surface area contributed by atoms with E-state index < -0.39 is 0 Å². The molecule has 0 spiro atoms. The van der Waals surface area contributed by atoms with Crippen LogP contribution in [0.15, 0.2) is 28.2 Å². The average Bonchev–Trinajstić information content (AvgIpc) is 2.75. The van der Waals surface area contributed by atoms with E-state index in [2.05, 4.69) is 62.6 Å². The van der Waals surface area contributed by atoms with Gasteiger partial charge in [0.15, 0.2) is 0 Å².